The molecule has 0 saturated carbocycles. The van der Waals surface area contributed by atoms with E-state index >= 15 is 0 Å². The zero-order valence-electron chi connectivity index (χ0n) is 9.30. The van der Waals surface area contributed by atoms with Gasteiger partial charge in [-0.3, -0.25) is 0 Å². The summed E-state index contributed by atoms with van der Waals surface area (Å²) in [6.07, 6.45) is 2.41. The monoisotopic (exact) mass is 189 g/mol. The van der Waals surface area contributed by atoms with E-state index in [0.717, 1.165) is 0 Å². The highest BCUT2D eigenvalue weighted by Gasteiger charge is 2.32. The lowest BCUT2D eigenvalue weighted by molar-refractivity contribution is 0.409. The van der Waals surface area contributed by atoms with Gasteiger partial charge < -0.3 is 5.73 Å². The van der Waals surface area contributed by atoms with Gasteiger partial charge in [-0.25, -0.2) is 0 Å². The highest BCUT2D eigenvalue weighted by molar-refractivity contribution is 5.42. The van der Waals surface area contributed by atoms with Crippen molar-refractivity contribution in [3.63, 3.8) is 0 Å². The van der Waals surface area contributed by atoms with E-state index in [9.17, 15) is 0 Å². The zero-order chi connectivity index (χ0) is 10.3. The van der Waals surface area contributed by atoms with E-state index in [-0.39, 0.29) is 5.54 Å². The van der Waals surface area contributed by atoms with Gasteiger partial charge in [0.15, 0.2) is 0 Å². The third-order valence-corrected chi connectivity index (χ3v) is 3.40. The van der Waals surface area contributed by atoms with E-state index in [2.05, 4.69) is 39.0 Å². The largest absolute Gasteiger partial charge is 0.325 e. The van der Waals surface area contributed by atoms with E-state index in [1.165, 1.54) is 29.5 Å². The summed E-state index contributed by atoms with van der Waals surface area (Å²) in [6.45, 7) is 6.47. The van der Waals surface area contributed by atoms with Gasteiger partial charge in [0, 0.05) is 11.5 Å². The fraction of sp³-hybridized carbons (Fsp3) is 0.538. The van der Waals surface area contributed by atoms with Crippen LogP contribution in [0.25, 0.3) is 0 Å². The van der Waals surface area contributed by atoms with Crippen molar-refractivity contribution >= 4 is 0 Å². The molecule has 0 radical (unpaired) electrons. The Kier molecular flexibility index (Phi) is 2.15. The Labute approximate surface area is 86.3 Å². The van der Waals surface area contributed by atoms with Crippen molar-refractivity contribution in [3.8, 4) is 0 Å². The van der Waals surface area contributed by atoms with Crippen LogP contribution in [0.5, 0.6) is 0 Å². The van der Waals surface area contributed by atoms with E-state index in [1.54, 1.807) is 0 Å². The second kappa shape index (κ2) is 3.09. The maximum Gasteiger partial charge on any atom is 0.0166 e. The van der Waals surface area contributed by atoms with Crippen molar-refractivity contribution in [2.45, 2.75) is 45.1 Å². The molecule has 1 aliphatic rings. The molecule has 0 amide bonds. The summed E-state index contributed by atoms with van der Waals surface area (Å²) in [5.74, 6) is 0.539. The molecule has 0 saturated heterocycles. The van der Waals surface area contributed by atoms with Gasteiger partial charge in [-0.05, 0) is 50.3 Å². The number of nitrogens with two attached hydrogens (primary N) is 1. The summed E-state index contributed by atoms with van der Waals surface area (Å²) in [5, 5.41) is 0. The number of hydrogen-bond acceptors (Lipinski definition) is 1. The van der Waals surface area contributed by atoms with Crippen molar-refractivity contribution in [2.75, 3.05) is 0 Å². The van der Waals surface area contributed by atoms with Gasteiger partial charge in [-0.1, -0.05) is 18.2 Å². The van der Waals surface area contributed by atoms with Crippen molar-refractivity contribution < 1.29 is 0 Å². The number of hydrogen-bond donors (Lipinski definition) is 1. The molecule has 1 atom stereocenters. The maximum atomic E-state index is 6.21. The molecule has 1 aliphatic carbocycles. The molecular weight excluding hydrogens is 170 g/mol. The van der Waals surface area contributed by atoms with E-state index in [4.69, 9.17) is 5.73 Å². The SMILES string of the molecule is Cc1cccc2c1CCC2C(C)(C)N. The van der Waals surface area contributed by atoms with Crippen molar-refractivity contribution in [3.05, 3.63) is 34.9 Å². The van der Waals surface area contributed by atoms with Crippen LogP contribution in [-0.4, -0.2) is 5.54 Å². The van der Waals surface area contributed by atoms with Crippen molar-refractivity contribution in [1.82, 2.24) is 0 Å². The molecule has 0 heterocycles. The lowest BCUT2D eigenvalue weighted by Gasteiger charge is -2.27. The number of rotatable bonds is 1. The minimum absolute atomic E-state index is 0.0843. The summed E-state index contributed by atoms with van der Waals surface area (Å²) < 4.78 is 0. The Morgan fingerprint density at radius 1 is 1.36 bits per heavy atom. The third kappa shape index (κ3) is 1.46. The zero-order valence-corrected chi connectivity index (χ0v) is 9.30. The van der Waals surface area contributed by atoms with Crippen LogP contribution >= 0.6 is 0 Å². The van der Waals surface area contributed by atoms with Crippen LogP contribution in [0, 0.1) is 6.92 Å². The Morgan fingerprint density at radius 2 is 2.07 bits per heavy atom. The number of benzene rings is 1. The van der Waals surface area contributed by atoms with Crippen molar-refractivity contribution in [2.24, 2.45) is 5.73 Å². The second-order valence-electron chi connectivity index (χ2n) is 5.06. The molecule has 0 fully saturated rings. The molecule has 2 rings (SSSR count). The summed E-state index contributed by atoms with van der Waals surface area (Å²) in [5.41, 5.74) is 10.6. The minimum Gasteiger partial charge on any atom is -0.325 e. The maximum absolute atomic E-state index is 6.21. The molecule has 1 unspecified atom stereocenters. The third-order valence-electron chi connectivity index (χ3n) is 3.40. The molecule has 76 valence electrons. The van der Waals surface area contributed by atoms with E-state index in [0.29, 0.717) is 5.92 Å². The quantitative estimate of drug-likeness (QED) is 0.722. The van der Waals surface area contributed by atoms with E-state index in [1.807, 2.05) is 0 Å². The molecule has 2 N–H and O–H groups in total. The van der Waals surface area contributed by atoms with Gasteiger partial charge in [0.2, 0.25) is 0 Å². The van der Waals surface area contributed by atoms with Gasteiger partial charge >= 0.3 is 0 Å². The molecule has 1 heteroatoms. The molecule has 14 heavy (non-hydrogen) atoms. The first-order valence-corrected chi connectivity index (χ1v) is 5.37. The summed E-state index contributed by atoms with van der Waals surface area (Å²) in [6, 6.07) is 6.59. The summed E-state index contributed by atoms with van der Waals surface area (Å²) in [7, 11) is 0. The predicted molar refractivity (Wildman–Crippen MR) is 60.5 cm³/mol. The normalized spacial score (nSPS) is 21.0. The Bertz CT molecular complexity index is 347. The van der Waals surface area contributed by atoms with Gasteiger partial charge in [0.05, 0.1) is 0 Å². The molecule has 1 aromatic rings. The van der Waals surface area contributed by atoms with Crippen LogP contribution in [0.2, 0.25) is 0 Å². The molecule has 0 aromatic heterocycles. The smallest absolute Gasteiger partial charge is 0.0166 e. The first kappa shape index (κ1) is 9.72. The van der Waals surface area contributed by atoms with Gasteiger partial charge in [-0.2, -0.15) is 0 Å². The Morgan fingerprint density at radius 3 is 2.71 bits per heavy atom. The first-order valence-electron chi connectivity index (χ1n) is 5.37. The molecule has 0 bridgehead atoms. The lowest BCUT2D eigenvalue weighted by Crippen LogP contribution is -2.38. The highest BCUT2D eigenvalue weighted by Crippen LogP contribution is 2.40. The van der Waals surface area contributed by atoms with Gasteiger partial charge in [0.25, 0.3) is 0 Å². The van der Waals surface area contributed by atoms with Crippen molar-refractivity contribution in [1.29, 1.82) is 0 Å². The van der Waals surface area contributed by atoms with Crippen LogP contribution in [0.4, 0.5) is 0 Å². The molecular formula is C13H19N. The van der Waals surface area contributed by atoms with Crippen LogP contribution in [-0.2, 0) is 6.42 Å². The fourth-order valence-electron chi connectivity index (χ4n) is 2.61. The highest BCUT2D eigenvalue weighted by atomic mass is 14.7. The molecule has 1 nitrogen and oxygen atoms in total. The average Bonchev–Trinajstić information content (AvgIpc) is 2.47. The average molecular weight is 189 g/mol. The molecule has 1 aromatic carbocycles. The van der Waals surface area contributed by atoms with Crippen LogP contribution in [0.3, 0.4) is 0 Å². The molecule has 0 aliphatic heterocycles. The summed E-state index contributed by atoms with van der Waals surface area (Å²) >= 11 is 0. The van der Waals surface area contributed by atoms with Gasteiger partial charge in [-0.15, -0.1) is 0 Å². The second-order valence-corrected chi connectivity index (χ2v) is 5.06. The Balaban J connectivity index is 2.45. The number of aryl methyl sites for hydroxylation is 1. The Hall–Kier alpha value is -0.820. The summed E-state index contributed by atoms with van der Waals surface area (Å²) in [4.78, 5) is 0. The van der Waals surface area contributed by atoms with E-state index < -0.39 is 0 Å². The minimum atomic E-state index is -0.0843. The fourth-order valence-corrected chi connectivity index (χ4v) is 2.61. The number of fused-ring (bicyclic) bond motifs is 1. The standard InChI is InChI=1S/C13H19N/c1-9-5-4-6-11-10(9)7-8-12(11)13(2,3)14/h4-6,12H,7-8,14H2,1-3H3. The lowest BCUT2D eigenvalue weighted by atomic mass is 9.84. The molecule has 0 spiro atoms. The topological polar surface area (TPSA) is 26.0 Å². The first-order chi connectivity index (χ1) is 6.50. The van der Waals surface area contributed by atoms with Gasteiger partial charge in [0.1, 0.15) is 0 Å². The predicted octanol–water partition coefficient (Wildman–Crippen LogP) is 2.76. The van der Waals surface area contributed by atoms with Crippen LogP contribution < -0.4 is 5.73 Å². The van der Waals surface area contributed by atoms with Crippen LogP contribution in [0.15, 0.2) is 18.2 Å². The van der Waals surface area contributed by atoms with Crippen LogP contribution in [0.1, 0.15) is 42.9 Å².